The molecule has 2 fully saturated rings. The molecule has 5 rings (SSSR count). The Balaban J connectivity index is 1.85. The lowest BCUT2D eigenvalue weighted by molar-refractivity contribution is -0.110. The molecule has 0 amide bonds. The SMILES string of the molecule is O=C1C=CC2=N[C@H]3C#C/C=C\C#C[C@]4(O)CCC[C@]35O[C@]54C2=C1. The number of aliphatic imine (C=N–C) groups is 1. The van der Waals surface area contributed by atoms with Gasteiger partial charge in [0.25, 0.3) is 0 Å². The Kier molecular flexibility index (Phi) is 2.23. The van der Waals surface area contributed by atoms with Crippen LogP contribution in [0.15, 0.2) is 40.9 Å². The van der Waals surface area contributed by atoms with E-state index >= 15 is 0 Å². The van der Waals surface area contributed by atoms with Crippen LogP contribution >= 0.6 is 0 Å². The summed E-state index contributed by atoms with van der Waals surface area (Å²) in [5.41, 5.74) is -1.67. The highest BCUT2D eigenvalue weighted by atomic mass is 16.6. The van der Waals surface area contributed by atoms with Crippen LogP contribution in [0.4, 0.5) is 0 Å². The average Bonchev–Trinajstić information content (AvgIpc) is 3.24. The van der Waals surface area contributed by atoms with Gasteiger partial charge in [-0.15, -0.1) is 0 Å². The lowest BCUT2D eigenvalue weighted by Gasteiger charge is -2.41. The monoisotopic (exact) mass is 303 g/mol. The summed E-state index contributed by atoms with van der Waals surface area (Å²) in [6.45, 7) is 0. The van der Waals surface area contributed by atoms with Gasteiger partial charge in [-0.25, -0.2) is 0 Å². The third kappa shape index (κ3) is 1.37. The maximum atomic E-state index is 11.9. The van der Waals surface area contributed by atoms with E-state index in [-0.39, 0.29) is 11.8 Å². The predicted molar refractivity (Wildman–Crippen MR) is 83.5 cm³/mol. The van der Waals surface area contributed by atoms with Crippen LogP contribution in [0, 0.1) is 23.7 Å². The number of fused-ring (bicyclic) bond motifs is 1. The standard InChI is InChI=1S/C19H13NO3/c21-13-7-8-15-14(12-13)19-17(22)9-4-2-1-3-6-16(20-15)18(19,23-19)11-5-10-17/h1-2,7-8,12,16,22H,5,10-11H2/b2-1-/t16-,17-,18-,19-/m0/s1. The zero-order valence-electron chi connectivity index (χ0n) is 12.3. The van der Waals surface area contributed by atoms with Gasteiger partial charge in [0.2, 0.25) is 0 Å². The summed E-state index contributed by atoms with van der Waals surface area (Å²) in [5, 5.41) is 11.3. The van der Waals surface area contributed by atoms with E-state index in [1.54, 1.807) is 18.2 Å². The summed E-state index contributed by atoms with van der Waals surface area (Å²) in [6, 6.07) is -0.358. The van der Waals surface area contributed by atoms with E-state index in [9.17, 15) is 9.90 Å². The molecule has 0 aromatic carbocycles. The largest absolute Gasteiger partial charge is 0.374 e. The van der Waals surface area contributed by atoms with Gasteiger partial charge in [0.1, 0.15) is 11.6 Å². The van der Waals surface area contributed by atoms with Gasteiger partial charge in [0.15, 0.2) is 17.0 Å². The second kappa shape index (κ2) is 3.92. The van der Waals surface area contributed by atoms with Crippen LogP contribution in [0.1, 0.15) is 19.3 Å². The molecule has 1 N–H and O–H groups in total. The quantitative estimate of drug-likeness (QED) is 0.410. The van der Waals surface area contributed by atoms with Crippen LogP contribution in [0.5, 0.6) is 0 Å². The predicted octanol–water partition coefficient (Wildman–Crippen LogP) is 0.874. The number of carbonyl (C=O) groups excluding carboxylic acids is 1. The fourth-order valence-corrected chi connectivity index (χ4v) is 4.41. The van der Waals surface area contributed by atoms with Crippen molar-refractivity contribution >= 4 is 11.5 Å². The molecular formula is C19H13NO3. The van der Waals surface area contributed by atoms with Crippen molar-refractivity contribution in [2.45, 2.75) is 42.1 Å². The number of epoxide rings is 1. The van der Waals surface area contributed by atoms with Crippen molar-refractivity contribution in [3.8, 4) is 23.7 Å². The molecule has 112 valence electrons. The molecule has 4 bridgehead atoms. The Morgan fingerprint density at radius 2 is 2.13 bits per heavy atom. The molecule has 2 heterocycles. The first-order valence-electron chi connectivity index (χ1n) is 7.75. The number of carbonyl (C=O) groups is 1. The molecule has 2 aliphatic heterocycles. The van der Waals surface area contributed by atoms with Crippen LogP contribution in [-0.2, 0) is 9.53 Å². The van der Waals surface area contributed by atoms with Crippen molar-refractivity contribution in [3.05, 3.63) is 36.0 Å². The molecular weight excluding hydrogens is 290 g/mol. The number of rotatable bonds is 0. The average molecular weight is 303 g/mol. The summed E-state index contributed by atoms with van der Waals surface area (Å²) in [7, 11) is 0. The molecule has 1 saturated carbocycles. The first-order valence-corrected chi connectivity index (χ1v) is 7.75. The maximum absolute atomic E-state index is 11.9. The first kappa shape index (κ1) is 13.1. The van der Waals surface area contributed by atoms with Crippen LogP contribution in [-0.4, -0.2) is 39.4 Å². The third-order valence-electron chi connectivity index (χ3n) is 5.36. The summed E-state index contributed by atoms with van der Waals surface area (Å²) in [5.74, 6) is 11.8. The van der Waals surface area contributed by atoms with Gasteiger partial charge >= 0.3 is 0 Å². The number of aliphatic hydroxyl groups is 1. The number of allylic oxidation sites excluding steroid dienone is 5. The maximum Gasteiger partial charge on any atom is 0.179 e. The molecule has 0 aromatic rings. The van der Waals surface area contributed by atoms with E-state index in [1.165, 1.54) is 12.2 Å². The van der Waals surface area contributed by atoms with E-state index in [1.807, 2.05) is 0 Å². The van der Waals surface area contributed by atoms with E-state index < -0.39 is 16.8 Å². The summed E-state index contributed by atoms with van der Waals surface area (Å²) >= 11 is 0. The minimum atomic E-state index is -1.33. The van der Waals surface area contributed by atoms with Crippen molar-refractivity contribution in [1.82, 2.24) is 0 Å². The number of nitrogens with zero attached hydrogens (tertiary/aromatic N) is 1. The van der Waals surface area contributed by atoms with Crippen molar-refractivity contribution in [2.75, 3.05) is 0 Å². The molecule has 3 aliphatic carbocycles. The molecule has 0 aromatic heterocycles. The molecule has 4 atom stereocenters. The van der Waals surface area contributed by atoms with Crippen LogP contribution in [0.2, 0.25) is 0 Å². The number of ketones is 1. The Hall–Kier alpha value is -2.40. The normalized spacial score (nSPS) is 45.8. The zero-order chi connectivity index (χ0) is 15.7. The molecule has 1 saturated heterocycles. The van der Waals surface area contributed by atoms with Crippen LogP contribution in [0.25, 0.3) is 0 Å². The summed E-state index contributed by atoms with van der Waals surface area (Å²) in [4.78, 5) is 16.6. The zero-order valence-corrected chi connectivity index (χ0v) is 12.3. The van der Waals surface area contributed by atoms with E-state index in [0.717, 1.165) is 12.8 Å². The molecule has 0 spiro atoms. The van der Waals surface area contributed by atoms with E-state index in [4.69, 9.17) is 9.73 Å². The van der Waals surface area contributed by atoms with Crippen LogP contribution < -0.4 is 0 Å². The van der Waals surface area contributed by atoms with Crippen LogP contribution in [0.3, 0.4) is 0 Å². The number of ether oxygens (including phenoxy) is 1. The van der Waals surface area contributed by atoms with E-state index in [2.05, 4.69) is 23.7 Å². The van der Waals surface area contributed by atoms with Gasteiger partial charge in [0, 0.05) is 5.57 Å². The highest BCUT2D eigenvalue weighted by Crippen LogP contribution is 2.69. The second-order valence-corrected chi connectivity index (χ2v) is 6.49. The third-order valence-corrected chi connectivity index (χ3v) is 5.36. The Labute approximate surface area is 133 Å². The number of hydrogen-bond donors (Lipinski definition) is 1. The lowest BCUT2D eigenvalue weighted by Crippen LogP contribution is -2.59. The van der Waals surface area contributed by atoms with Gasteiger partial charge in [-0.1, -0.05) is 23.7 Å². The molecule has 0 unspecified atom stereocenters. The highest BCUT2D eigenvalue weighted by molar-refractivity contribution is 6.22. The lowest BCUT2D eigenvalue weighted by atomic mass is 9.61. The second-order valence-electron chi connectivity index (χ2n) is 6.49. The Morgan fingerprint density at radius 1 is 1.26 bits per heavy atom. The first-order chi connectivity index (χ1) is 11.1. The van der Waals surface area contributed by atoms with Gasteiger partial charge in [-0.3, -0.25) is 9.79 Å². The Bertz CT molecular complexity index is 900. The Morgan fingerprint density at radius 3 is 3.04 bits per heavy atom. The van der Waals surface area contributed by atoms with Gasteiger partial charge < -0.3 is 9.84 Å². The minimum Gasteiger partial charge on any atom is -0.374 e. The summed E-state index contributed by atoms with van der Waals surface area (Å²) in [6.07, 6.45) is 10.1. The smallest absolute Gasteiger partial charge is 0.179 e. The molecule has 5 aliphatic rings. The molecule has 23 heavy (non-hydrogen) atoms. The van der Waals surface area contributed by atoms with Crippen molar-refractivity contribution in [3.63, 3.8) is 0 Å². The van der Waals surface area contributed by atoms with Crippen molar-refractivity contribution < 1.29 is 14.6 Å². The fourth-order valence-electron chi connectivity index (χ4n) is 4.41. The van der Waals surface area contributed by atoms with Crippen molar-refractivity contribution in [2.24, 2.45) is 4.99 Å². The molecule has 4 heteroatoms. The van der Waals surface area contributed by atoms with E-state index in [0.29, 0.717) is 17.7 Å². The minimum absolute atomic E-state index is 0.116. The number of hydrogen-bond acceptors (Lipinski definition) is 4. The molecule has 4 nitrogen and oxygen atoms in total. The fraction of sp³-hybridized carbons (Fsp3) is 0.368. The van der Waals surface area contributed by atoms with Gasteiger partial charge in [-0.2, -0.15) is 0 Å². The highest BCUT2D eigenvalue weighted by Gasteiger charge is 2.85. The summed E-state index contributed by atoms with van der Waals surface area (Å²) < 4.78 is 6.24. The molecule has 0 radical (unpaired) electrons. The topological polar surface area (TPSA) is 62.2 Å². The van der Waals surface area contributed by atoms with Gasteiger partial charge in [-0.05, 0) is 49.6 Å². The van der Waals surface area contributed by atoms with Crippen molar-refractivity contribution in [1.29, 1.82) is 0 Å². The van der Waals surface area contributed by atoms with Gasteiger partial charge in [0.05, 0.1) is 5.71 Å².